The zero-order valence-electron chi connectivity index (χ0n) is 20.7. The lowest BCUT2D eigenvalue weighted by Crippen LogP contribution is -2.52. The van der Waals surface area contributed by atoms with Crippen LogP contribution in [0.2, 0.25) is 0 Å². The van der Waals surface area contributed by atoms with E-state index in [4.69, 9.17) is 9.94 Å². The van der Waals surface area contributed by atoms with Gasteiger partial charge < -0.3 is 15.4 Å². The van der Waals surface area contributed by atoms with Gasteiger partial charge in [-0.1, -0.05) is 30.3 Å². The molecule has 0 aliphatic carbocycles. The molecule has 1 aliphatic rings. The highest BCUT2D eigenvalue weighted by atomic mass is 16.5. The molecule has 190 valence electrons. The van der Waals surface area contributed by atoms with E-state index < -0.39 is 5.91 Å². The van der Waals surface area contributed by atoms with Crippen LogP contribution in [-0.4, -0.2) is 41.1 Å². The van der Waals surface area contributed by atoms with Crippen molar-refractivity contribution in [1.82, 2.24) is 21.1 Å². The third kappa shape index (κ3) is 5.55. The maximum Gasteiger partial charge on any atom is 0.252 e. The Balaban J connectivity index is 1.33. The van der Waals surface area contributed by atoms with E-state index in [0.29, 0.717) is 18.7 Å². The summed E-state index contributed by atoms with van der Waals surface area (Å²) in [6.45, 7) is 3.72. The smallest absolute Gasteiger partial charge is 0.252 e. The van der Waals surface area contributed by atoms with Crippen molar-refractivity contribution < 1.29 is 19.5 Å². The molecular weight excluding hydrogens is 468 g/mol. The van der Waals surface area contributed by atoms with E-state index in [9.17, 15) is 9.59 Å². The summed E-state index contributed by atoms with van der Waals surface area (Å²) in [7, 11) is 0. The lowest BCUT2D eigenvalue weighted by Gasteiger charge is -2.32. The second-order valence-electron chi connectivity index (χ2n) is 9.49. The molecule has 2 heterocycles. The van der Waals surface area contributed by atoms with Crippen LogP contribution in [0.5, 0.6) is 5.75 Å². The molecule has 0 spiro atoms. The van der Waals surface area contributed by atoms with Crippen LogP contribution in [0.1, 0.15) is 34.5 Å². The van der Waals surface area contributed by atoms with E-state index in [2.05, 4.69) is 15.6 Å². The molecule has 2 unspecified atom stereocenters. The molecule has 2 amide bonds. The summed E-state index contributed by atoms with van der Waals surface area (Å²) in [5.41, 5.74) is 5.22. The van der Waals surface area contributed by atoms with Crippen LogP contribution in [0.4, 0.5) is 0 Å². The number of hydrogen-bond donors (Lipinski definition) is 4. The Bertz CT molecular complexity index is 1450. The predicted octanol–water partition coefficient (Wildman–Crippen LogP) is 3.88. The molecule has 4 aromatic rings. The molecule has 0 saturated carbocycles. The van der Waals surface area contributed by atoms with Gasteiger partial charge in [0.2, 0.25) is 5.91 Å². The Kier molecular flexibility index (Phi) is 7.30. The van der Waals surface area contributed by atoms with Crippen LogP contribution >= 0.6 is 0 Å². The van der Waals surface area contributed by atoms with Gasteiger partial charge >= 0.3 is 0 Å². The van der Waals surface area contributed by atoms with Crippen LogP contribution in [0.25, 0.3) is 21.7 Å². The highest BCUT2D eigenvalue weighted by Gasteiger charge is 2.28. The fourth-order valence-corrected chi connectivity index (χ4v) is 5.08. The summed E-state index contributed by atoms with van der Waals surface area (Å²) < 4.78 is 6.15. The lowest BCUT2D eigenvalue weighted by atomic mass is 9.89. The molecule has 1 fully saturated rings. The van der Waals surface area contributed by atoms with Gasteiger partial charge in [0.25, 0.3) is 5.91 Å². The van der Waals surface area contributed by atoms with E-state index in [-0.39, 0.29) is 24.3 Å². The second-order valence-corrected chi connectivity index (χ2v) is 9.49. The van der Waals surface area contributed by atoms with Gasteiger partial charge in [0.15, 0.2) is 0 Å². The van der Waals surface area contributed by atoms with Crippen molar-refractivity contribution >= 4 is 33.5 Å². The van der Waals surface area contributed by atoms with Gasteiger partial charge in [0, 0.05) is 41.2 Å². The maximum absolute atomic E-state index is 13.3. The Hall–Kier alpha value is -4.01. The number of aromatic nitrogens is 1. The van der Waals surface area contributed by atoms with E-state index >= 15 is 0 Å². The van der Waals surface area contributed by atoms with E-state index in [1.807, 2.05) is 67.6 Å². The highest BCUT2D eigenvalue weighted by molar-refractivity contribution is 6.07. The third-order valence-corrected chi connectivity index (χ3v) is 6.93. The van der Waals surface area contributed by atoms with Gasteiger partial charge in [0.05, 0.1) is 5.52 Å². The van der Waals surface area contributed by atoms with Crippen molar-refractivity contribution in [2.24, 2.45) is 5.92 Å². The minimum absolute atomic E-state index is 0.0553. The Labute approximate surface area is 215 Å². The third-order valence-electron chi connectivity index (χ3n) is 6.93. The summed E-state index contributed by atoms with van der Waals surface area (Å²) in [5.74, 6) is 0.0234. The Morgan fingerprint density at radius 3 is 2.81 bits per heavy atom. The number of aryl methyl sites for hydroxylation is 1. The summed E-state index contributed by atoms with van der Waals surface area (Å²) in [6, 6.07) is 21.2. The number of rotatable bonds is 7. The van der Waals surface area contributed by atoms with Crippen LogP contribution in [-0.2, 0) is 11.4 Å². The fourth-order valence-electron chi connectivity index (χ4n) is 5.08. The van der Waals surface area contributed by atoms with Crippen molar-refractivity contribution in [2.75, 3.05) is 13.1 Å². The van der Waals surface area contributed by atoms with Gasteiger partial charge in [-0.05, 0) is 73.0 Å². The molecule has 1 aromatic heterocycles. The van der Waals surface area contributed by atoms with Crippen molar-refractivity contribution in [3.05, 3.63) is 83.6 Å². The summed E-state index contributed by atoms with van der Waals surface area (Å²) in [4.78, 5) is 29.6. The first-order chi connectivity index (χ1) is 18.0. The Morgan fingerprint density at radius 2 is 1.95 bits per heavy atom. The molecule has 0 bridgehead atoms. The number of nitrogens with one attached hydrogen (secondary N) is 3. The minimum Gasteiger partial charge on any atom is -0.489 e. The summed E-state index contributed by atoms with van der Waals surface area (Å²) >= 11 is 0. The summed E-state index contributed by atoms with van der Waals surface area (Å²) in [5, 5.41) is 18.1. The normalized spacial score (nSPS) is 17.5. The molecule has 4 N–H and O–H groups in total. The van der Waals surface area contributed by atoms with Crippen LogP contribution < -0.4 is 20.9 Å². The fraction of sp³-hybridized carbons (Fsp3) is 0.276. The number of ether oxygens (including phenoxy) is 1. The molecule has 5 rings (SSSR count). The summed E-state index contributed by atoms with van der Waals surface area (Å²) in [6.07, 6.45) is 0.895. The average molecular weight is 499 g/mol. The molecule has 1 aliphatic heterocycles. The van der Waals surface area contributed by atoms with Gasteiger partial charge in [-0.15, -0.1) is 0 Å². The average Bonchev–Trinajstić information content (AvgIpc) is 2.92. The number of pyridine rings is 1. The molecular formula is C29H30N4O4. The van der Waals surface area contributed by atoms with Crippen molar-refractivity contribution in [2.45, 2.75) is 32.4 Å². The number of hydroxylamine groups is 1. The topological polar surface area (TPSA) is 113 Å². The number of carbonyl (C=O) groups is 2. The van der Waals surface area contributed by atoms with Crippen LogP contribution in [0, 0.1) is 12.8 Å². The molecule has 0 radical (unpaired) electrons. The maximum atomic E-state index is 13.3. The highest BCUT2D eigenvalue weighted by Crippen LogP contribution is 2.27. The number of nitrogens with zero attached hydrogens (tertiary/aromatic N) is 1. The number of carbonyl (C=O) groups excluding carboxylic acids is 2. The van der Waals surface area contributed by atoms with Crippen molar-refractivity contribution in [1.29, 1.82) is 0 Å². The zero-order valence-corrected chi connectivity index (χ0v) is 20.7. The number of fused-ring (bicyclic) bond motifs is 2. The molecule has 2 atom stereocenters. The van der Waals surface area contributed by atoms with Gasteiger partial charge in [-0.2, -0.15) is 0 Å². The Morgan fingerprint density at radius 1 is 1.08 bits per heavy atom. The first kappa shape index (κ1) is 24.7. The molecule has 3 aromatic carbocycles. The van der Waals surface area contributed by atoms with E-state index in [0.717, 1.165) is 51.6 Å². The quantitative estimate of drug-likeness (QED) is 0.227. The largest absolute Gasteiger partial charge is 0.489 e. The monoisotopic (exact) mass is 498 g/mol. The number of para-hydroxylation sites is 1. The number of amides is 2. The number of piperidine rings is 1. The molecule has 37 heavy (non-hydrogen) atoms. The van der Waals surface area contributed by atoms with Gasteiger partial charge in [-0.25, -0.2) is 5.48 Å². The van der Waals surface area contributed by atoms with Gasteiger partial charge in [-0.3, -0.25) is 19.8 Å². The number of hydrogen-bond acceptors (Lipinski definition) is 6. The SMILES string of the molecule is Cc1cc(COc2ccc3c(C(=O)NC4CNCCC4CC(=O)NO)cccc3c2)c2ccccc2n1. The van der Waals surface area contributed by atoms with Crippen molar-refractivity contribution in [3.63, 3.8) is 0 Å². The zero-order chi connectivity index (χ0) is 25.8. The standard InChI is InChI=1S/C29H30N4O4/c1-18-13-21(24-6-2-3-8-26(24)31-18)17-37-22-9-10-23-19(14-22)5-4-7-25(23)29(35)32-27-16-30-12-11-20(27)15-28(34)33-36/h2-10,13-14,20,27,30,36H,11-12,15-17H2,1H3,(H,32,35)(H,33,34). The van der Waals surface area contributed by atoms with Gasteiger partial charge in [0.1, 0.15) is 12.4 Å². The molecule has 8 nitrogen and oxygen atoms in total. The first-order valence-corrected chi connectivity index (χ1v) is 12.5. The predicted molar refractivity (Wildman–Crippen MR) is 142 cm³/mol. The molecule has 1 saturated heterocycles. The second kappa shape index (κ2) is 10.9. The van der Waals surface area contributed by atoms with Crippen molar-refractivity contribution in [3.8, 4) is 5.75 Å². The van der Waals surface area contributed by atoms with Crippen LogP contribution in [0.15, 0.2) is 66.7 Å². The number of benzene rings is 3. The lowest BCUT2D eigenvalue weighted by molar-refractivity contribution is -0.130. The first-order valence-electron chi connectivity index (χ1n) is 12.5. The van der Waals surface area contributed by atoms with E-state index in [1.165, 1.54) is 0 Å². The molecule has 8 heteroatoms. The van der Waals surface area contributed by atoms with Crippen LogP contribution in [0.3, 0.4) is 0 Å². The van der Waals surface area contributed by atoms with E-state index in [1.54, 1.807) is 11.5 Å². The minimum atomic E-state index is -0.446.